The molecule has 2 rings (SSSR count). The van der Waals surface area contributed by atoms with Gasteiger partial charge in [-0.3, -0.25) is 0 Å². The molecule has 2 aromatic rings. The highest BCUT2D eigenvalue weighted by Gasteiger charge is 2.13. The first kappa shape index (κ1) is 20.5. The Bertz CT molecular complexity index is 990. The summed E-state index contributed by atoms with van der Waals surface area (Å²) in [6, 6.07) is 11.7. The number of rotatable bonds is 10. The predicted octanol–water partition coefficient (Wildman–Crippen LogP) is 2.70. The summed E-state index contributed by atoms with van der Waals surface area (Å²) in [5, 5.41) is 2.04. The van der Waals surface area contributed by atoms with Crippen LogP contribution in [0.3, 0.4) is 0 Å². The summed E-state index contributed by atoms with van der Waals surface area (Å²) in [6.07, 6.45) is 5.62. The van der Waals surface area contributed by atoms with Crippen LogP contribution in [0.5, 0.6) is 0 Å². The molecule has 0 aliphatic rings. The molecule has 0 fully saturated rings. The zero-order valence-electron chi connectivity index (χ0n) is 14.9. The van der Waals surface area contributed by atoms with Crippen LogP contribution in [0.1, 0.15) is 24.0 Å². The van der Waals surface area contributed by atoms with Crippen LogP contribution in [0.15, 0.2) is 56.4 Å². The van der Waals surface area contributed by atoms with Crippen LogP contribution in [-0.4, -0.2) is 36.7 Å². The first-order chi connectivity index (χ1) is 13.7. The van der Waals surface area contributed by atoms with E-state index in [1.165, 1.54) is 24.3 Å². The van der Waals surface area contributed by atoms with Crippen LogP contribution < -0.4 is 0 Å². The number of fused-ring (bicyclic) bond motifs is 1. The van der Waals surface area contributed by atoms with Crippen molar-refractivity contribution in [3.63, 3.8) is 0 Å². The smallest absolute Gasteiger partial charge is 0.211 e. The first-order valence-corrected chi connectivity index (χ1v) is 8.51. The van der Waals surface area contributed by atoms with Gasteiger partial charge in [0.05, 0.1) is 0 Å². The maximum Gasteiger partial charge on any atom is 0.237 e. The maximum atomic E-state index is 10.5. The van der Waals surface area contributed by atoms with Crippen LogP contribution in [0.4, 0.5) is 0 Å². The van der Waals surface area contributed by atoms with Gasteiger partial charge in [0.2, 0.25) is 24.3 Å². The molecule has 0 radical (unpaired) electrons. The van der Waals surface area contributed by atoms with E-state index < -0.39 is 12.3 Å². The largest absolute Gasteiger partial charge is 0.237 e. The van der Waals surface area contributed by atoms with Gasteiger partial charge in [0.1, 0.15) is 0 Å². The van der Waals surface area contributed by atoms with Crippen LogP contribution in [0, 0.1) is 0 Å². The fraction of sp³-hybridized carbons (Fsp3) is 0.300. The number of hydrogen-bond donors (Lipinski definition) is 0. The van der Waals surface area contributed by atoms with Crippen molar-refractivity contribution in [3.05, 3.63) is 47.5 Å². The second-order valence-corrected chi connectivity index (χ2v) is 5.84. The van der Waals surface area contributed by atoms with Crippen molar-refractivity contribution in [1.29, 1.82) is 0 Å². The highest BCUT2D eigenvalue weighted by Crippen LogP contribution is 2.26. The summed E-state index contributed by atoms with van der Waals surface area (Å²) in [7, 11) is 0. The normalized spacial score (nSPS) is 11.9. The molecule has 8 nitrogen and oxygen atoms in total. The van der Waals surface area contributed by atoms with Gasteiger partial charge in [-0.2, -0.15) is 20.0 Å². The minimum atomic E-state index is -0.839. The quantitative estimate of drug-likeness (QED) is 0.468. The standard InChI is InChI=1S/C20H16N4O4/c25-11-21-19(22-12-26)9-7-16-6-5-15-3-1-2-4-17(15)18(16)8-10-20(23-13-27)24-14-28/h1-6,19-20H,7-10H2. The SMILES string of the molecule is O=C=NC(CCc1ccc2ccccc2c1CCC(N=C=O)N=C=O)N=C=O. The lowest BCUT2D eigenvalue weighted by Crippen LogP contribution is -2.07. The summed E-state index contributed by atoms with van der Waals surface area (Å²) in [5.74, 6) is 0. The van der Waals surface area contributed by atoms with Crippen molar-refractivity contribution in [3.8, 4) is 0 Å². The maximum absolute atomic E-state index is 10.5. The summed E-state index contributed by atoms with van der Waals surface area (Å²) in [6.45, 7) is 0. The van der Waals surface area contributed by atoms with Crippen molar-refractivity contribution >= 4 is 35.1 Å². The van der Waals surface area contributed by atoms with E-state index in [2.05, 4.69) is 20.0 Å². The van der Waals surface area contributed by atoms with Crippen molar-refractivity contribution in [1.82, 2.24) is 0 Å². The van der Waals surface area contributed by atoms with Gasteiger partial charge in [-0.15, -0.1) is 0 Å². The van der Waals surface area contributed by atoms with Gasteiger partial charge in [0, 0.05) is 0 Å². The molecule has 0 aliphatic heterocycles. The van der Waals surface area contributed by atoms with Gasteiger partial charge in [-0.25, -0.2) is 19.2 Å². The molecule has 0 spiro atoms. The molecular formula is C20H16N4O4. The van der Waals surface area contributed by atoms with Crippen molar-refractivity contribution < 1.29 is 19.2 Å². The average Bonchev–Trinajstić information content (AvgIpc) is 2.71. The number of nitrogens with zero attached hydrogens (tertiary/aromatic N) is 4. The number of aliphatic imine (C=N–C) groups is 4. The van der Waals surface area contributed by atoms with Crippen molar-refractivity contribution in [2.45, 2.75) is 38.0 Å². The summed E-state index contributed by atoms with van der Waals surface area (Å²) < 4.78 is 0. The molecule has 2 aromatic carbocycles. The van der Waals surface area contributed by atoms with E-state index >= 15 is 0 Å². The van der Waals surface area contributed by atoms with Gasteiger partial charge in [-0.05, 0) is 47.6 Å². The van der Waals surface area contributed by atoms with E-state index in [1.54, 1.807) is 0 Å². The molecule has 140 valence electrons. The van der Waals surface area contributed by atoms with E-state index in [4.69, 9.17) is 0 Å². The Labute approximate surface area is 160 Å². The van der Waals surface area contributed by atoms with Crippen LogP contribution >= 0.6 is 0 Å². The minimum Gasteiger partial charge on any atom is -0.211 e. The van der Waals surface area contributed by atoms with E-state index in [-0.39, 0.29) is 0 Å². The molecule has 28 heavy (non-hydrogen) atoms. The molecule has 0 heterocycles. The Morgan fingerprint density at radius 3 is 1.79 bits per heavy atom. The molecule has 0 amide bonds. The fourth-order valence-electron chi connectivity index (χ4n) is 3.03. The van der Waals surface area contributed by atoms with E-state index in [0.717, 1.165) is 21.9 Å². The lowest BCUT2D eigenvalue weighted by molar-refractivity contribution is 0.539. The third-order valence-electron chi connectivity index (χ3n) is 4.27. The number of isocyanates is 4. The molecule has 0 aromatic heterocycles. The van der Waals surface area contributed by atoms with E-state index in [1.807, 2.05) is 36.4 Å². The van der Waals surface area contributed by atoms with Gasteiger partial charge in [-0.1, -0.05) is 36.4 Å². The third kappa shape index (κ3) is 5.61. The lowest BCUT2D eigenvalue weighted by Gasteiger charge is -2.14. The minimum absolute atomic E-state index is 0.327. The molecule has 8 heteroatoms. The first-order valence-electron chi connectivity index (χ1n) is 8.51. The predicted molar refractivity (Wildman–Crippen MR) is 101 cm³/mol. The Morgan fingerprint density at radius 1 is 0.679 bits per heavy atom. The summed E-state index contributed by atoms with van der Waals surface area (Å²) >= 11 is 0. The average molecular weight is 376 g/mol. The zero-order chi connectivity index (χ0) is 20.2. The number of aryl methyl sites for hydroxylation is 2. The lowest BCUT2D eigenvalue weighted by atomic mass is 9.92. The number of carbonyl (C=O) groups excluding carboxylic acids is 4. The molecule has 0 saturated carbocycles. The van der Waals surface area contributed by atoms with Gasteiger partial charge >= 0.3 is 0 Å². The zero-order valence-corrected chi connectivity index (χ0v) is 14.9. The highest BCUT2D eigenvalue weighted by molar-refractivity contribution is 5.86. The Balaban J connectivity index is 2.35. The topological polar surface area (TPSA) is 118 Å². The monoisotopic (exact) mass is 376 g/mol. The molecule has 0 unspecified atom stereocenters. The van der Waals surface area contributed by atoms with Gasteiger partial charge < -0.3 is 0 Å². The van der Waals surface area contributed by atoms with E-state index in [0.29, 0.717) is 25.7 Å². The third-order valence-corrected chi connectivity index (χ3v) is 4.27. The van der Waals surface area contributed by atoms with Crippen molar-refractivity contribution in [2.24, 2.45) is 20.0 Å². The van der Waals surface area contributed by atoms with Crippen LogP contribution in [-0.2, 0) is 32.0 Å². The molecule has 0 N–H and O–H groups in total. The van der Waals surface area contributed by atoms with Crippen LogP contribution in [0.25, 0.3) is 10.8 Å². The van der Waals surface area contributed by atoms with Crippen molar-refractivity contribution in [2.75, 3.05) is 0 Å². The Hall–Kier alpha value is -3.78. The Morgan fingerprint density at radius 2 is 1.21 bits per heavy atom. The van der Waals surface area contributed by atoms with Gasteiger partial charge in [0.15, 0.2) is 12.3 Å². The second-order valence-electron chi connectivity index (χ2n) is 5.84. The van der Waals surface area contributed by atoms with Crippen LogP contribution in [0.2, 0.25) is 0 Å². The second kappa shape index (κ2) is 11.0. The van der Waals surface area contributed by atoms with E-state index in [9.17, 15) is 19.2 Å². The summed E-state index contributed by atoms with van der Waals surface area (Å²) in [5.41, 5.74) is 1.96. The summed E-state index contributed by atoms with van der Waals surface area (Å²) in [4.78, 5) is 56.0. The molecular weight excluding hydrogens is 360 g/mol. The Kier molecular flexibility index (Phi) is 8.10. The molecule has 0 aliphatic carbocycles. The highest BCUT2D eigenvalue weighted by atomic mass is 16.1. The molecule has 0 atom stereocenters. The van der Waals surface area contributed by atoms with Gasteiger partial charge in [0.25, 0.3) is 0 Å². The fourth-order valence-corrected chi connectivity index (χ4v) is 3.03. The molecule has 0 saturated heterocycles. The number of hydrogen-bond acceptors (Lipinski definition) is 8. The number of benzene rings is 2. The molecule has 0 bridgehead atoms.